The van der Waals surface area contributed by atoms with Crippen molar-refractivity contribution in [3.05, 3.63) is 12.2 Å². The molecule has 0 fully saturated rings. The van der Waals surface area contributed by atoms with Crippen molar-refractivity contribution in [2.75, 3.05) is 6.61 Å². The maximum atomic E-state index is 10.5. The molecule has 0 amide bonds. The first-order valence-corrected chi connectivity index (χ1v) is 3.48. The molecule has 0 atom stereocenters. The number of nitriles is 1. The fourth-order valence-electron chi connectivity index (χ4n) is 0.491. The van der Waals surface area contributed by atoms with E-state index < -0.39 is 5.97 Å². The maximum absolute atomic E-state index is 10.5. The Kier molecular flexibility index (Phi) is 6.01. The van der Waals surface area contributed by atoms with Crippen LogP contribution in [0, 0.1) is 11.3 Å². The molecule has 0 rings (SSSR count). The van der Waals surface area contributed by atoms with Crippen molar-refractivity contribution in [3.8, 4) is 6.07 Å². The lowest BCUT2D eigenvalue weighted by Gasteiger charge is -1.95. The van der Waals surface area contributed by atoms with Crippen LogP contribution in [0.2, 0.25) is 0 Å². The van der Waals surface area contributed by atoms with Gasteiger partial charge in [0.1, 0.15) is 13.0 Å². The third kappa shape index (κ3) is 6.59. The second-order valence-electron chi connectivity index (χ2n) is 1.90. The van der Waals surface area contributed by atoms with Crippen LogP contribution in [-0.2, 0) is 9.53 Å². The van der Waals surface area contributed by atoms with Crippen LogP contribution in [-0.4, -0.2) is 12.6 Å². The van der Waals surface area contributed by atoms with Crippen LogP contribution in [0.5, 0.6) is 0 Å². The van der Waals surface area contributed by atoms with Crippen LogP contribution >= 0.6 is 0 Å². The van der Waals surface area contributed by atoms with Crippen LogP contribution in [0.1, 0.15) is 19.8 Å². The summed E-state index contributed by atoms with van der Waals surface area (Å²) < 4.78 is 4.64. The number of rotatable bonds is 4. The van der Waals surface area contributed by atoms with Gasteiger partial charge in [-0.15, -0.1) is 0 Å². The smallest absolute Gasteiger partial charge is 0.320 e. The van der Waals surface area contributed by atoms with Crippen molar-refractivity contribution in [2.45, 2.75) is 19.8 Å². The molecule has 0 N–H and O–H groups in total. The Bertz CT molecular complexity index is 179. The first-order chi connectivity index (χ1) is 5.31. The van der Waals surface area contributed by atoms with E-state index in [0.29, 0.717) is 0 Å². The van der Waals surface area contributed by atoms with Crippen LogP contribution < -0.4 is 0 Å². The highest BCUT2D eigenvalue weighted by atomic mass is 16.5. The SMILES string of the molecule is CC/C=C\COC(=O)CC#N. The summed E-state index contributed by atoms with van der Waals surface area (Å²) in [6.07, 6.45) is 4.42. The monoisotopic (exact) mass is 153 g/mol. The minimum absolute atomic E-state index is 0.167. The quantitative estimate of drug-likeness (QED) is 0.453. The van der Waals surface area contributed by atoms with Crippen LogP contribution in [0.25, 0.3) is 0 Å². The third-order valence-corrected chi connectivity index (χ3v) is 0.966. The van der Waals surface area contributed by atoms with E-state index in [1.807, 2.05) is 13.0 Å². The summed E-state index contributed by atoms with van der Waals surface area (Å²) in [7, 11) is 0. The first kappa shape index (κ1) is 9.70. The van der Waals surface area contributed by atoms with Gasteiger partial charge in [-0.2, -0.15) is 5.26 Å². The Morgan fingerprint density at radius 2 is 2.36 bits per heavy atom. The molecule has 0 aromatic rings. The van der Waals surface area contributed by atoms with Gasteiger partial charge in [0.15, 0.2) is 0 Å². The highest BCUT2D eigenvalue weighted by molar-refractivity contribution is 5.71. The molecule has 11 heavy (non-hydrogen) atoms. The summed E-state index contributed by atoms with van der Waals surface area (Å²) in [5.74, 6) is -0.465. The lowest BCUT2D eigenvalue weighted by Crippen LogP contribution is -2.02. The number of hydrogen-bond acceptors (Lipinski definition) is 3. The van der Waals surface area contributed by atoms with Gasteiger partial charge in [-0.05, 0) is 6.42 Å². The molecule has 0 bridgehead atoms. The van der Waals surface area contributed by atoms with Gasteiger partial charge in [0.2, 0.25) is 0 Å². The normalized spacial score (nSPS) is 9.45. The molecular weight excluding hydrogens is 142 g/mol. The van der Waals surface area contributed by atoms with Gasteiger partial charge in [-0.3, -0.25) is 4.79 Å². The van der Waals surface area contributed by atoms with E-state index in [2.05, 4.69) is 4.74 Å². The van der Waals surface area contributed by atoms with Crippen molar-refractivity contribution < 1.29 is 9.53 Å². The zero-order valence-corrected chi connectivity index (χ0v) is 6.54. The molecule has 0 aliphatic rings. The minimum atomic E-state index is -0.465. The highest BCUT2D eigenvalue weighted by Crippen LogP contribution is 1.86. The second kappa shape index (κ2) is 6.81. The molecule has 0 saturated carbocycles. The van der Waals surface area contributed by atoms with E-state index in [1.54, 1.807) is 12.1 Å². The highest BCUT2D eigenvalue weighted by Gasteiger charge is 1.97. The van der Waals surface area contributed by atoms with E-state index in [9.17, 15) is 4.79 Å². The van der Waals surface area contributed by atoms with Gasteiger partial charge in [0.05, 0.1) is 6.07 Å². The molecular formula is C8H11NO2. The molecule has 60 valence electrons. The standard InChI is InChI=1S/C8H11NO2/c1-2-3-4-7-11-8(10)5-6-9/h3-4H,2,5,7H2,1H3/b4-3-. The average Bonchev–Trinajstić information content (AvgIpc) is 1.99. The summed E-state index contributed by atoms with van der Waals surface area (Å²) in [6.45, 7) is 2.27. The van der Waals surface area contributed by atoms with Gasteiger partial charge in [0.25, 0.3) is 0 Å². The second-order valence-corrected chi connectivity index (χ2v) is 1.90. The number of ether oxygens (including phenoxy) is 1. The Labute approximate surface area is 66.3 Å². The molecule has 0 heterocycles. The Morgan fingerprint density at radius 1 is 1.64 bits per heavy atom. The fourth-order valence-corrected chi connectivity index (χ4v) is 0.491. The number of carbonyl (C=O) groups is 1. The predicted molar refractivity (Wildman–Crippen MR) is 40.6 cm³/mol. The molecule has 3 nitrogen and oxygen atoms in total. The molecule has 0 spiro atoms. The molecule has 0 aromatic heterocycles. The number of nitrogens with zero attached hydrogens (tertiary/aromatic N) is 1. The molecule has 0 aromatic carbocycles. The number of carbonyl (C=O) groups excluding carboxylic acids is 1. The van der Waals surface area contributed by atoms with E-state index in [4.69, 9.17) is 5.26 Å². The molecule has 0 unspecified atom stereocenters. The largest absolute Gasteiger partial charge is 0.461 e. The fraction of sp³-hybridized carbons (Fsp3) is 0.500. The summed E-state index contributed by atoms with van der Waals surface area (Å²) in [4.78, 5) is 10.5. The zero-order valence-electron chi connectivity index (χ0n) is 6.54. The number of esters is 1. The van der Waals surface area contributed by atoms with Gasteiger partial charge in [-0.1, -0.05) is 19.1 Å². The lowest BCUT2D eigenvalue weighted by atomic mass is 10.4. The maximum Gasteiger partial charge on any atom is 0.320 e. The van der Waals surface area contributed by atoms with Gasteiger partial charge < -0.3 is 4.74 Å². The summed E-state index contributed by atoms with van der Waals surface area (Å²) in [5.41, 5.74) is 0. The average molecular weight is 153 g/mol. The number of hydrogen-bond donors (Lipinski definition) is 0. The Hall–Kier alpha value is -1.30. The predicted octanol–water partition coefficient (Wildman–Crippen LogP) is 1.41. The summed E-state index contributed by atoms with van der Waals surface area (Å²) in [5, 5.41) is 8.07. The summed E-state index contributed by atoms with van der Waals surface area (Å²) in [6, 6.07) is 1.71. The van der Waals surface area contributed by atoms with Gasteiger partial charge in [0, 0.05) is 0 Å². The van der Waals surface area contributed by atoms with Crippen molar-refractivity contribution >= 4 is 5.97 Å². The van der Waals surface area contributed by atoms with Gasteiger partial charge in [-0.25, -0.2) is 0 Å². The van der Waals surface area contributed by atoms with Crippen LogP contribution in [0.3, 0.4) is 0 Å². The van der Waals surface area contributed by atoms with E-state index >= 15 is 0 Å². The van der Waals surface area contributed by atoms with Crippen molar-refractivity contribution in [1.29, 1.82) is 5.26 Å². The molecule has 0 radical (unpaired) electrons. The first-order valence-electron chi connectivity index (χ1n) is 3.48. The van der Waals surface area contributed by atoms with Crippen LogP contribution in [0.4, 0.5) is 0 Å². The van der Waals surface area contributed by atoms with E-state index in [0.717, 1.165) is 6.42 Å². The Morgan fingerprint density at radius 3 is 2.91 bits per heavy atom. The zero-order chi connectivity index (χ0) is 8.53. The lowest BCUT2D eigenvalue weighted by molar-refractivity contribution is -0.141. The molecule has 0 aliphatic heterocycles. The van der Waals surface area contributed by atoms with E-state index in [-0.39, 0.29) is 13.0 Å². The van der Waals surface area contributed by atoms with Crippen molar-refractivity contribution in [3.63, 3.8) is 0 Å². The van der Waals surface area contributed by atoms with Crippen LogP contribution in [0.15, 0.2) is 12.2 Å². The van der Waals surface area contributed by atoms with Gasteiger partial charge >= 0.3 is 5.97 Å². The third-order valence-electron chi connectivity index (χ3n) is 0.966. The minimum Gasteiger partial charge on any atom is -0.461 e. The molecule has 3 heteroatoms. The van der Waals surface area contributed by atoms with Crippen molar-refractivity contribution in [1.82, 2.24) is 0 Å². The van der Waals surface area contributed by atoms with E-state index in [1.165, 1.54) is 0 Å². The summed E-state index contributed by atoms with van der Waals surface area (Å²) >= 11 is 0. The number of allylic oxidation sites excluding steroid dienone is 1. The molecule has 0 aliphatic carbocycles. The topological polar surface area (TPSA) is 50.1 Å². The molecule has 0 saturated heterocycles. The Balaban J connectivity index is 3.33. The van der Waals surface area contributed by atoms with Crippen molar-refractivity contribution in [2.24, 2.45) is 0 Å².